The van der Waals surface area contributed by atoms with Gasteiger partial charge in [-0.2, -0.15) is 0 Å². The molecule has 0 aliphatic carbocycles. The molecule has 0 aliphatic rings. The molecule has 1 rings (SSSR count). The first kappa shape index (κ1) is 16.2. The van der Waals surface area contributed by atoms with Crippen molar-refractivity contribution in [3.63, 3.8) is 0 Å². The van der Waals surface area contributed by atoms with Gasteiger partial charge < -0.3 is 10.2 Å². The molecule has 4 nitrogen and oxygen atoms in total. The molecule has 0 bridgehead atoms. The van der Waals surface area contributed by atoms with E-state index < -0.39 is 6.04 Å². The second-order valence-electron chi connectivity index (χ2n) is 6.41. The third-order valence-corrected chi connectivity index (χ3v) is 3.13. The summed E-state index contributed by atoms with van der Waals surface area (Å²) in [7, 11) is 1.63. The SMILES string of the molecule is Cc1cc(C)cc(NC(=O)[C@@H](N(C)C=O)C(C)(C)C)c1. The van der Waals surface area contributed by atoms with Gasteiger partial charge >= 0.3 is 0 Å². The Labute approximate surface area is 121 Å². The molecule has 0 unspecified atom stereocenters. The first-order valence-electron chi connectivity index (χ1n) is 6.71. The van der Waals surface area contributed by atoms with Crippen molar-refractivity contribution >= 4 is 18.0 Å². The summed E-state index contributed by atoms with van der Waals surface area (Å²) in [6.07, 6.45) is 0.691. The van der Waals surface area contributed by atoms with Crippen molar-refractivity contribution in [3.05, 3.63) is 29.3 Å². The maximum atomic E-state index is 12.5. The number of nitrogens with one attached hydrogen (secondary N) is 1. The summed E-state index contributed by atoms with van der Waals surface area (Å²) in [5.41, 5.74) is 2.62. The lowest BCUT2D eigenvalue weighted by Gasteiger charge is -2.34. The Morgan fingerprint density at radius 1 is 1.20 bits per heavy atom. The summed E-state index contributed by atoms with van der Waals surface area (Å²) in [5, 5.41) is 2.91. The molecule has 0 radical (unpaired) electrons. The van der Waals surface area contributed by atoms with Gasteiger partial charge in [0.25, 0.3) is 0 Å². The van der Waals surface area contributed by atoms with Crippen LogP contribution in [0.5, 0.6) is 0 Å². The predicted octanol–water partition coefficient (Wildman–Crippen LogP) is 2.74. The van der Waals surface area contributed by atoms with Crippen molar-refractivity contribution < 1.29 is 9.59 Å². The Hall–Kier alpha value is -1.84. The Morgan fingerprint density at radius 2 is 1.70 bits per heavy atom. The predicted molar refractivity (Wildman–Crippen MR) is 81.6 cm³/mol. The van der Waals surface area contributed by atoms with Crippen LogP contribution in [0.15, 0.2) is 18.2 Å². The number of anilines is 1. The summed E-state index contributed by atoms with van der Waals surface area (Å²) >= 11 is 0. The van der Waals surface area contributed by atoms with E-state index in [2.05, 4.69) is 11.4 Å². The molecule has 0 saturated carbocycles. The lowest BCUT2D eigenvalue weighted by Crippen LogP contribution is -2.49. The van der Waals surface area contributed by atoms with E-state index in [0.29, 0.717) is 6.41 Å². The summed E-state index contributed by atoms with van der Waals surface area (Å²) < 4.78 is 0. The molecule has 4 heteroatoms. The number of benzene rings is 1. The highest BCUT2D eigenvalue weighted by atomic mass is 16.2. The van der Waals surface area contributed by atoms with Crippen LogP contribution in [0.25, 0.3) is 0 Å². The number of carbonyl (C=O) groups is 2. The highest BCUT2D eigenvalue weighted by molar-refractivity contribution is 5.96. The van der Waals surface area contributed by atoms with E-state index in [9.17, 15) is 9.59 Å². The number of hydrogen-bond donors (Lipinski definition) is 1. The third kappa shape index (κ3) is 4.08. The molecule has 0 spiro atoms. The van der Waals surface area contributed by atoms with Crippen molar-refractivity contribution in [1.82, 2.24) is 4.90 Å². The molecule has 1 aromatic rings. The van der Waals surface area contributed by atoms with Crippen molar-refractivity contribution in [2.75, 3.05) is 12.4 Å². The second kappa shape index (κ2) is 6.07. The number of rotatable bonds is 4. The van der Waals surface area contributed by atoms with Gasteiger partial charge in [-0.3, -0.25) is 9.59 Å². The van der Waals surface area contributed by atoms with Crippen molar-refractivity contribution in [1.29, 1.82) is 0 Å². The fraction of sp³-hybridized carbons (Fsp3) is 0.500. The molecule has 0 aliphatic heterocycles. The van der Waals surface area contributed by atoms with E-state index in [-0.39, 0.29) is 11.3 Å². The summed E-state index contributed by atoms with van der Waals surface area (Å²) in [6, 6.07) is 5.38. The molecule has 0 saturated heterocycles. The molecule has 0 heterocycles. The van der Waals surface area contributed by atoms with Crippen LogP contribution in [-0.2, 0) is 9.59 Å². The van der Waals surface area contributed by atoms with Gasteiger partial charge in [0, 0.05) is 12.7 Å². The lowest BCUT2D eigenvalue weighted by atomic mass is 9.85. The smallest absolute Gasteiger partial charge is 0.247 e. The molecule has 0 aromatic heterocycles. The van der Waals surface area contributed by atoms with Crippen LogP contribution in [-0.4, -0.2) is 30.3 Å². The maximum absolute atomic E-state index is 12.5. The molecular weight excluding hydrogens is 252 g/mol. The zero-order valence-electron chi connectivity index (χ0n) is 13.2. The van der Waals surface area contributed by atoms with Crippen LogP contribution < -0.4 is 5.32 Å². The standard InChI is InChI=1S/C16H24N2O2/c1-11-7-12(2)9-13(8-11)17-15(20)14(16(3,4)5)18(6)10-19/h7-10,14H,1-6H3,(H,17,20)/t14-/m1/s1. The van der Waals surface area contributed by atoms with Crippen LogP contribution in [0, 0.1) is 19.3 Å². The van der Waals surface area contributed by atoms with E-state index in [4.69, 9.17) is 0 Å². The van der Waals surface area contributed by atoms with E-state index in [1.165, 1.54) is 4.90 Å². The minimum absolute atomic E-state index is 0.169. The molecular formula is C16H24N2O2. The minimum Gasteiger partial charge on any atom is -0.336 e. The van der Waals surface area contributed by atoms with E-state index >= 15 is 0 Å². The van der Waals surface area contributed by atoms with Crippen LogP contribution in [0.1, 0.15) is 31.9 Å². The van der Waals surface area contributed by atoms with Gasteiger partial charge in [0.2, 0.25) is 12.3 Å². The molecule has 1 aromatic carbocycles. The molecule has 110 valence electrons. The lowest BCUT2D eigenvalue weighted by molar-refractivity contribution is -0.132. The van der Waals surface area contributed by atoms with Gasteiger partial charge in [-0.25, -0.2) is 0 Å². The minimum atomic E-state index is -0.513. The average molecular weight is 276 g/mol. The van der Waals surface area contributed by atoms with E-state index in [1.54, 1.807) is 7.05 Å². The highest BCUT2D eigenvalue weighted by Gasteiger charge is 2.34. The van der Waals surface area contributed by atoms with Gasteiger partial charge in [0.15, 0.2) is 0 Å². The van der Waals surface area contributed by atoms with Gasteiger partial charge in [0.05, 0.1) is 0 Å². The topological polar surface area (TPSA) is 49.4 Å². The monoisotopic (exact) mass is 276 g/mol. The van der Waals surface area contributed by atoms with Gasteiger partial charge in [0.1, 0.15) is 6.04 Å². The second-order valence-corrected chi connectivity index (χ2v) is 6.41. The quantitative estimate of drug-likeness (QED) is 0.860. The molecule has 1 N–H and O–H groups in total. The van der Waals surface area contributed by atoms with Gasteiger partial charge in [-0.15, -0.1) is 0 Å². The number of likely N-dealkylation sites (N-methyl/N-ethyl adjacent to an activating group) is 1. The number of hydrogen-bond acceptors (Lipinski definition) is 2. The maximum Gasteiger partial charge on any atom is 0.247 e. The largest absolute Gasteiger partial charge is 0.336 e. The Morgan fingerprint density at radius 3 is 2.10 bits per heavy atom. The molecule has 0 fully saturated rings. The number of nitrogens with zero attached hydrogens (tertiary/aromatic N) is 1. The first-order valence-corrected chi connectivity index (χ1v) is 6.71. The van der Waals surface area contributed by atoms with Crippen molar-refractivity contribution in [2.45, 2.75) is 40.7 Å². The fourth-order valence-corrected chi connectivity index (χ4v) is 2.51. The van der Waals surface area contributed by atoms with Gasteiger partial charge in [-0.1, -0.05) is 26.8 Å². The highest BCUT2D eigenvalue weighted by Crippen LogP contribution is 2.24. The van der Waals surface area contributed by atoms with Crippen molar-refractivity contribution in [3.8, 4) is 0 Å². The van der Waals surface area contributed by atoms with Crippen molar-refractivity contribution in [2.24, 2.45) is 5.41 Å². The average Bonchev–Trinajstić information content (AvgIpc) is 2.25. The summed E-state index contributed by atoms with van der Waals surface area (Å²) in [6.45, 7) is 9.80. The van der Waals surface area contributed by atoms with E-state index in [1.807, 2.05) is 46.8 Å². The number of carbonyl (C=O) groups excluding carboxylic acids is 2. The Bertz CT molecular complexity index is 483. The van der Waals surface area contributed by atoms with Crippen LogP contribution in [0.2, 0.25) is 0 Å². The number of aryl methyl sites for hydroxylation is 2. The molecule has 2 amide bonds. The normalized spacial score (nSPS) is 12.7. The van der Waals surface area contributed by atoms with E-state index in [0.717, 1.165) is 16.8 Å². The molecule has 20 heavy (non-hydrogen) atoms. The molecule has 1 atom stereocenters. The van der Waals surface area contributed by atoms with Crippen LogP contribution in [0.3, 0.4) is 0 Å². The van der Waals surface area contributed by atoms with Gasteiger partial charge in [-0.05, 0) is 42.5 Å². The zero-order valence-corrected chi connectivity index (χ0v) is 13.2. The summed E-state index contributed by atoms with van der Waals surface area (Å²) in [4.78, 5) is 24.9. The number of amides is 2. The Balaban J connectivity index is 2.99. The summed E-state index contributed by atoms with van der Waals surface area (Å²) in [5.74, 6) is -0.169. The fourth-order valence-electron chi connectivity index (χ4n) is 2.51. The zero-order chi connectivity index (χ0) is 15.5. The first-order chi connectivity index (χ1) is 9.15. The van der Waals surface area contributed by atoms with Crippen LogP contribution >= 0.6 is 0 Å². The van der Waals surface area contributed by atoms with Crippen LogP contribution in [0.4, 0.5) is 5.69 Å². The Kier molecular flexibility index (Phi) is 4.93. The third-order valence-electron chi connectivity index (χ3n) is 3.13.